The maximum absolute atomic E-state index is 11.5. The number of nitrogens with zero attached hydrogens (tertiary/aromatic N) is 1. The predicted octanol–water partition coefficient (Wildman–Crippen LogP) is 6.62. The van der Waals surface area contributed by atoms with Gasteiger partial charge in [-0.2, -0.15) is 0 Å². The molecule has 2 aromatic carbocycles. The van der Waals surface area contributed by atoms with E-state index in [4.69, 9.17) is 0 Å². The van der Waals surface area contributed by atoms with E-state index in [2.05, 4.69) is 68.4 Å². The minimum Gasteiger partial charge on any atom is -0.378 e. The van der Waals surface area contributed by atoms with Crippen molar-refractivity contribution in [3.63, 3.8) is 0 Å². The molecule has 0 bridgehead atoms. The smallest absolute Gasteiger partial charge is 0.135 e. The molecular weight excluding hydrogens is 318 g/mol. The van der Waals surface area contributed by atoms with E-state index in [1.54, 1.807) is 0 Å². The molecule has 0 radical (unpaired) electrons. The van der Waals surface area contributed by atoms with Crippen LogP contribution in [0, 0.1) is 5.92 Å². The monoisotopic (exact) mass is 353 g/mol. The summed E-state index contributed by atoms with van der Waals surface area (Å²) in [6.07, 6.45) is 10.8. The number of carbonyl (C=O) groups is 1. The van der Waals surface area contributed by atoms with Gasteiger partial charge in [0.2, 0.25) is 0 Å². The second-order valence-corrected chi connectivity index (χ2v) is 7.68. The van der Waals surface area contributed by atoms with Crippen LogP contribution in [0.15, 0.2) is 42.5 Å². The van der Waals surface area contributed by atoms with Crippen molar-refractivity contribution in [3.05, 3.63) is 42.5 Å². The van der Waals surface area contributed by atoms with Crippen LogP contribution >= 0.6 is 0 Å². The Labute approximate surface area is 159 Å². The van der Waals surface area contributed by atoms with Crippen LogP contribution < -0.4 is 4.90 Å². The van der Waals surface area contributed by atoms with Gasteiger partial charge < -0.3 is 4.90 Å². The van der Waals surface area contributed by atoms with Gasteiger partial charge in [0.05, 0.1) is 0 Å². The zero-order chi connectivity index (χ0) is 18.8. The summed E-state index contributed by atoms with van der Waals surface area (Å²) in [5.74, 6) is 0.980. The van der Waals surface area contributed by atoms with E-state index in [0.29, 0.717) is 11.7 Å². The van der Waals surface area contributed by atoms with Crippen LogP contribution in [0.4, 0.5) is 5.69 Å². The van der Waals surface area contributed by atoms with Crippen LogP contribution in [0.1, 0.15) is 64.7 Å². The van der Waals surface area contributed by atoms with Crippen molar-refractivity contribution in [2.24, 2.45) is 5.92 Å². The van der Waals surface area contributed by atoms with Crippen molar-refractivity contribution in [1.29, 1.82) is 0 Å². The molecule has 0 spiro atoms. The maximum Gasteiger partial charge on any atom is 0.135 e. The quantitative estimate of drug-likeness (QED) is 0.544. The number of rotatable bonds is 6. The lowest BCUT2D eigenvalue weighted by Crippen LogP contribution is -2.18. The van der Waals surface area contributed by atoms with Gasteiger partial charge in [0.1, 0.15) is 5.78 Å². The van der Waals surface area contributed by atoms with Gasteiger partial charge in [-0.1, -0.05) is 69.4 Å². The third-order valence-electron chi connectivity index (χ3n) is 5.34. The molecule has 1 aliphatic carbocycles. The van der Waals surface area contributed by atoms with Crippen LogP contribution in [-0.2, 0) is 4.79 Å². The summed E-state index contributed by atoms with van der Waals surface area (Å²) in [6.45, 7) is 2.23. The third kappa shape index (κ3) is 6.48. The topological polar surface area (TPSA) is 20.3 Å². The van der Waals surface area contributed by atoms with E-state index in [1.165, 1.54) is 61.4 Å². The summed E-state index contributed by atoms with van der Waals surface area (Å²) in [7, 11) is 4.12. The summed E-state index contributed by atoms with van der Waals surface area (Å²) in [5, 5.41) is 2.60. The van der Waals surface area contributed by atoms with Crippen molar-refractivity contribution >= 4 is 22.2 Å². The Balaban J connectivity index is 0.000000187. The lowest BCUT2D eigenvalue weighted by molar-refractivity contribution is -0.124. The van der Waals surface area contributed by atoms with Crippen molar-refractivity contribution in [3.8, 4) is 0 Å². The number of hydrogen-bond acceptors (Lipinski definition) is 2. The fourth-order valence-corrected chi connectivity index (χ4v) is 3.63. The number of ketones is 1. The number of carbonyl (C=O) groups excluding carboxylic acids is 1. The molecule has 1 aliphatic rings. The molecule has 1 unspecified atom stereocenters. The fourth-order valence-electron chi connectivity index (χ4n) is 3.63. The maximum atomic E-state index is 11.5. The van der Waals surface area contributed by atoms with Gasteiger partial charge >= 0.3 is 0 Å². The van der Waals surface area contributed by atoms with Crippen LogP contribution in [0.2, 0.25) is 0 Å². The van der Waals surface area contributed by atoms with Crippen molar-refractivity contribution in [1.82, 2.24) is 0 Å². The molecule has 2 heteroatoms. The molecule has 0 N–H and O–H groups in total. The Bertz CT molecular complexity index is 677. The second kappa shape index (κ2) is 11.0. The van der Waals surface area contributed by atoms with Crippen molar-refractivity contribution < 1.29 is 4.79 Å². The highest BCUT2D eigenvalue weighted by molar-refractivity contribution is 5.85. The Kier molecular flexibility index (Phi) is 8.67. The number of hydrogen-bond donors (Lipinski definition) is 0. The molecule has 142 valence electrons. The van der Waals surface area contributed by atoms with Crippen molar-refractivity contribution in [2.75, 3.05) is 19.0 Å². The zero-order valence-electron chi connectivity index (χ0n) is 16.8. The Morgan fingerprint density at radius 1 is 0.962 bits per heavy atom. The molecule has 1 atom stereocenters. The zero-order valence-corrected chi connectivity index (χ0v) is 16.8. The summed E-state index contributed by atoms with van der Waals surface area (Å²) < 4.78 is 0. The summed E-state index contributed by atoms with van der Waals surface area (Å²) in [6, 6.07) is 14.9. The van der Waals surface area contributed by atoms with E-state index in [0.717, 1.165) is 12.8 Å². The first-order chi connectivity index (χ1) is 12.6. The Morgan fingerprint density at radius 2 is 1.73 bits per heavy atom. The normalized spacial score (nSPS) is 16.9. The van der Waals surface area contributed by atoms with Crippen LogP contribution in [-0.4, -0.2) is 19.9 Å². The van der Waals surface area contributed by atoms with Gasteiger partial charge in [-0.3, -0.25) is 4.79 Å². The lowest BCUT2D eigenvalue weighted by Gasteiger charge is -2.19. The van der Waals surface area contributed by atoms with Gasteiger partial charge in [0, 0.05) is 32.1 Å². The predicted molar refractivity (Wildman–Crippen MR) is 114 cm³/mol. The van der Waals surface area contributed by atoms with E-state index >= 15 is 0 Å². The minimum absolute atomic E-state index is 0.436. The highest BCUT2D eigenvalue weighted by Gasteiger charge is 2.20. The summed E-state index contributed by atoms with van der Waals surface area (Å²) in [5.41, 5.74) is 1.25. The first-order valence-corrected chi connectivity index (χ1v) is 10.3. The number of Topliss-reactive ketones (excluding diaryl/α,β-unsaturated/α-hetero) is 1. The SMILES string of the molecule is CCCCCCC1CCCCC1=O.CN(C)c1ccc2ccccc2c1. The molecular formula is C24H35NO. The van der Waals surface area contributed by atoms with Gasteiger partial charge in [0.25, 0.3) is 0 Å². The molecule has 3 rings (SSSR count). The first kappa shape index (κ1) is 20.5. The van der Waals surface area contributed by atoms with Crippen LogP contribution in [0.5, 0.6) is 0 Å². The Hall–Kier alpha value is -1.83. The second-order valence-electron chi connectivity index (χ2n) is 7.68. The van der Waals surface area contributed by atoms with Gasteiger partial charge in [0.15, 0.2) is 0 Å². The number of fused-ring (bicyclic) bond motifs is 1. The van der Waals surface area contributed by atoms with Gasteiger partial charge in [-0.15, -0.1) is 0 Å². The molecule has 0 aromatic heterocycles. The van der Waals surface area contributed by atoms with Crippen LogP contribution in [0.25, 0.3) is 10.8 Å². The van der Waals surface area contributed by atoms with E-state index in [9.17, 15) is 4.79 Å². The van der Waals surface area contributed by atoms with E-state index in [1.807, 2.05) is 0 Å². The number of unbranched alkanes of at least 4 members (excludes halogenated alkanes) is 3. The molecule has 0 heterocycles. The molecule has 2 nitrogen and oxygen atoms in total. The third-order valence-corrected chi connectivity index (χ3v) is 5.34. The van der Waals surface area contributed by atoms with Crippen molar-refractivity contribution in [2.45, 2.75) is 64.7 Å². The molecule has 2 aromatic rings. The van der Waals surface area contributed by atoms with E-state index < -0.39 is 0 Å². The average molecular weight is 354 g/mol. The summed E-state index contributed by atoms with van der Waals surface area (Å²) >= 11 is 0. The molecule has 1 saturated carbocycles. The molecule has 0 aliphatic heterocycles. The highest BCUT2D eigenvalue weighted by Crippen LogP contribution is 2.25. The lowest BCUT2D eigenvalue weighted by atomic mass is 9.84. The van der Waals surface area contributed by atoms with E-state index in [-0.39, 0.29) is 0 Å². The van der Waals surface area contributed by atoms with Gasteiger partial charge in [-0.25, -0.2) is 0 Å². The summed E-state index contributed by atoms with van der Waals surface area (Å²) in [4.78, 5) is 13.6. The molecule has 0 amide bonds. The fraction of sp³-hybridized carbons (Fsp3) is 0.542. The molecule has 0 saturated heterocycles. The molecule has 26 heavy (non-hydrogen) atoms. The highest BCUT2D eigenvalue weighted by atomic mass is 16.1. The first-order valence-electron chi connectivity index (χ1n) is 10.3. The average Bonchev–Trinajstić information content (AvgIpc) is 2.66. The van der Waals surface area contributed by atoms with Gasteiger partial charge in [-0.05, 0) is 42.2 Å². The van der Waals surface area contributed by atoms with Crippen LogP contribution in [0.3, 0.4) is 0 Å². The number of anilines is 1. The Morgan fingerprint density at radius 3 is 2.42 bits per heavy atom. The largest absolute Gasteiger partial charge is 0.378 e. The standard InChI is InChI=1S/C12H13N.C12H22O/c1-13(2)12-8-7-10-5-3-4-6-11(10)9-12;1-2-3-4-5-8-11-9-6-7-10-12(11)13/h3-9H,1-2H3;11H,2-10H2,1H3. The number of benzene rings is 2. The minimum atomic E-state index is 0.436. The molecule has 1 fully saturated rings.